The molecule has 0 aromatic heterocycles. The average molecular weight is 260 g/mol. The molecule has 0 amide bonds. The van der Waals surface area contributed by atoms with E-state index >= 15 is 0 Å². The van der Waals surface area contributed by atoms with Crippen LogP contribution in [0.4, 0.5) is 0 Å². The maximum atomic E-state index is 2.39. The number of rotatable bonds is 12. The summed E-state index contributed by atoms with van der Waals surface area (Å²) in [5, 5.41) is 0. The number of unbranched alkanes of at least 4 members (excludes halogenated alkanes) is 4. The van der Waals surface area contributed by atoms with Crippen LogP contribution in [0.2, 0.25) is 0 Å². The van der Waals surface area contributed by atoms with Crippen LogP contribution in [0.5, 0.6) is 0 Å². The van der Waals surface area contributed by atoms with E-state index in [-0.39, 0.29) is 0 Å². The average Bonchev–Trinajstić information content (AvgIpc) is 2.30. The summed E-state index contributed by atoms with van der Waals surface area (Å²) in [6, 6.07) is 0. The third kappa shape index (κ3) is 8.20. The second-order valence-electron chi connectivity index (χ2n) is 5.91. The molecular weight excluding hydrogens is 223 g/mol. The molecule has 0 rings (SSSR count). The van der Waals surface area contributed by atoms with Crippen molar-refractivity contribution in [3.05, 3.63) is 0 Å². The van der Waals surface area contributed by atoms with E-state index in [1.807, 2.05) is 0 Å². The molecule has 0 fully saturated rings. The van der Waals surface area contributed by atoms with E-state index in [1.165, 1.54) is 51.4 Å². The molecule has 17 heavy (non-hydrogen) atoms. The van der Waals surface area contributed by atoms with Crippen LogP contribution in [0.3, 0.4) is 0 Å². The van der Waals surface area contributed by atoms with Gasteiger partial charge in [-0.15, -0.1) is 0 Å². The summed E-state index contributed by atoms with van der Waals surface area (Å²) in [4.78, 5) is 0. The van der Waals surface area contributed by atoms with Crippen molar-refractivity contribution >= 4 is 7.26 Å². The maximum absolute atomic E-state index is 2.39. The first kappa shape index (κ1) is 17.4. The predicted octanol–water partition coefficient (Wildman–Crippen LogP) is 5.94. The molecule has 0 spiro atoms. The van der Waals surface area contributed by atoms with E-state index in [9.17, 15) is 0 Å². The van der Waals surface area contributed by atoms with Crippen molar-refractivity contribution in [3.8, 4) is 0 Å². The molecule has 0 unspecified atom stereocenters. The van der Waals surface area contributed by atoms with Gasteiger partial charge in [0.2, 0.25) is 0 Å². The quantitative estimate of drug-likeness (QED) is 0.301. The Hall–Kier alpha value is 0.430. The van der Waals surface area contributed by atoms with Crippen LogP contribution in [-0.2, 0) is 0 Å². The second-order valence-corrected chi connectivity index (χ2v) is 10.9. The summed E-state index contributed by atoms with van der Waals surface area (Å²) in [6.07, 6.45) is 18.1. The SMILES string of the molecule is CCCCCCC[PH](CCC)(CCC)CCC. The normalized spacial score (nSPS) is 12.9. The minimum absolute atomic E-state index is 0.856. The van der Waals surface area contributed by atoms with Crippen LogP contribution in [0, 0.1) is 0 Å². The summed E-state index contributed by atoms with van der Waals surface area (Å²) in [5.74, 6) is 0. The molecule has 0 saturated heterocycles. The molecule has 0 saturated carbocycles. The summed E-state index contributed by atoms with van der Waals surface area (Å²) >= 11 is 0. The first-order valence-electron chi connectivity index (χ1n) is 8.24. The predicted molar refractivity (Wildman–Crippen MR) is 87.4 cm³/mol. The Bertz CT molecular complexity index is 137. The number of hydrogen-bond donors (Lipinski definition) is 0. The fourth-order valence-electron chi connectivity index (χ4n) is 3.44. The van der Waals surface area contributed by atoms with Gasteiger partial charge in [0.1, 0.15) is 0 Å². The first-order valence-corrected chi connectivity index (χ1v) is 11.1. The Morgan fingerprint density at radius 1 is 0.471 bits per heavy atom. The number of hydrogen-bond acceptors (Lipinski definition) is 0. The van der Waals surface area contributed by atoms with Gasteiger partial charge in [0, 0.05) is 0 Å². The van der Waals surface area contributed by atoms with Gasteiger partial charge in [-0.05, 0) is 0 Å². The molecule has 1 heteroatoms. The van der Waals surface area contributed by atoms with Crippen molar-refractivity contribution in [2.45, 2.75) is 79.1 Å². The summed E-state index contributed by atoms with van der Waals surface area (Å²) < 4.78 is 0. The molecule has 106 valence electrons. The van der Waals surface area contributed by atoms with Gasteiger partial charge in [0.25, 0.3) is 0 Å². The Morgan fingerprint density at radius 2 is 0.941 bits per heavy atom. The third-order valence-corrected chi connectivity index (χ3v) is 10.2. The molecule has 0 nitrogen and oxygen atoms in total. The molecule has 0 aliphatic rings. The Morgan fingerprint density at radius 3 is 1.35 bits per heavy atom. The summed E-state index contributed by atoms with van der Waals surface area (Å²) in [7, 11) is -0.856. The molecule has 0 heterocycles. The molecule has 0 atom stereocenters. The van der Waals surface area contributed by atoms with Crippen LogP contribution >= 0.6 is 7.26 Å². The summed E-state index contributed by atoms with van der Waals surface area (Å²) in [5.41, 5.74) is 0. The third-order valence-electron chi connectivity index (χ3n) is 4.15. The minimum atomic E-state index is -0.856. The molecule has 0 aliphatic carbocycles. The summed E-state index contributed by atoms with van der Waals surface area (Å²) in [6.45, 7) is 9.49. The van der Waals surface area contributed by atoms with Crippen LogP contribution in [-0.4, -0.2) is 24.6 Å². The molecular formula is C16H37P. The molecule has 0 aromatic carbocycles. The van der Waals surface area contributed by atoms with Crippen molar-refractivity contribution in [1.29, 1.82) is 0 Å². The van der Waals surface area contributed by atoms with E-state index in [2.05, 4.69) is 27.7 Å². The van der Waals surface area contributed by atoms with Gasteiger partial charge in [0.15, 0.2) is 0 Å². The Kier molecular flexibility index (Phi) is 11.8. The van der Waals surface area contributed by atoms with E-state index in [1.54, 1.807) is 24.6 Å². The van der Waals surface area contributed by atoms with Gasteiger partial charge in [-0.3, -0.25) is 0 Å². The van der Waals surface area contributed by atoms with Crippen LogP contribution in [0.1, 0.15) is 79.1 Å². The van der Waals surface area contributed by atoms with Crippen molar-refractivity contribution in [2.24, 2.45) is 0 Å². The van der Waals surface area contributed by atoms with Crippen LogP contribution in [0.25, 0.3) is 0 Å². The van der Waals surface area contributed by atoms with Crippen molar-refractivity contribution in [1.82, 2.24) is 0 Å². The van der Waals surface area contributed by atoms with E-state index in [0.717, 1.165) is 0 Å². The van der Waals surface area contributed by atoms with Crippen LogP contribution in [0.15, 0.2) is 0 Å². The van der Waals surface area contributed by atoms with Gasteiger partial charge in [0.05, 0.1) is 0 Å². The topological polar surface area (TPSA) is 0 Å². The molecule has 0 N–H and O–H groups in total. The first-order chi connectivity index (χ1) is 8.24. The zero-order valence-corrected chi connectivity index (χ0v) is 14.0. The van der Waals surface area contributed by atoms with Gasteiger partial charge < -0.3 is 0 Å². The Balaban J connectivity index is 4.05. The molecule has 0 aromatic rings. The molecule has 0 radical (unpaired) electrons. The van der Waals surface area contributed by atoms with Gasteiger partial charge >= 0.3 is 111 Å². The van der Waals surface area contributed by atoms with E-state index < -0.39 is 7.26 Å². The van der Waals surface area contributed by atoms with Crippen molar-refractivity contribution < 1.29 is 0 Å². The standard InChI is InChI=1S/C16H37P/c1-5-9-10-11-12-16-17(13-6-2,14-7-3)15-8-4/h17H,5-16H2,1-4H3. The fourth-order valence-corrected chi connectivity index (χ4v) is 9.13. The monoisotopic (exact) mass is 260 g/mol. The zero-order valence-electron chi connectivity index (χ0n) is 13.0. The fraction of sp³-hybridized carbons (Fsp3) is 1.00. The van der Waals surface area contributed by atoms with E-state index in [0.29, 0.717) is 0 Å². The van der Waals surface area contributed by atoms with Gasteiger partial charge in [-0.2, -0.15) is 0 Å². The van der Waals surface area contributed by atoms with Crippen molar-refractivity contribution in [2.75, 3.05) is 24.6 Å². The van der Waals surface area contributed by atoms with Crippen LogP contribution < -0.4 is 0 Å². The van der Waals surface area contributed by atoms with E-state index in [4.69, 9.17) is 0 Å². The Labute approximate surface area is 111 Å². The van der Waals surface area contributed by atoms with Crippen molar-refractivity contribution in [3.63, 3.8) is 0 Å². The second kappa shape index (κ2) is 11.5. The zero-order chi connectivity index (χ0) is 13.0. The molecule has 0 aliphatic heterocycles. The molecule has 0 bridgehead atoms. The van der Waals surface area contributed by atoms with Gasteiger partial charge in [-0.25, -0.2) is 0 Å². The van der Waals surface area contributed by atoms with Gasteiger partial charge in [-0.1, -0.05) is 0 Å².